The molecule has 7 nitrogen and oxygen atoms in total. The molecule has 1 unspecified atom stereocenters. The average Bonchev–Trinajstić information content (AvgIpc) is 3.01. The molecule has 1 aliphatic rings. The van der Waals surface area contributed by atoms with Crippen LogP contribution in [0.4, 0.5) is 4.79 Å². The van der Waals surface area contributed by atoms with Gasteiger partial charge < -0.3 is 14.5 Å². The second-order valence-electron chi connectivity index (χ2n) is 7.97. The number of aromatic amines is 1. The van der Waals surface area contributed by atoms with Crippen LogP contribution in [0.1, 0.15) is 69.4 Å². The number of aromatic nitrogens is 2. The average molecular weight is 350 g/mol. The van der Waals surface area contributed by atoms with Crippen LogP contribution in [-0.2, 0) is 4.74 Å². The summed E-state index contributed by atoms with van der Waals surface area (Å²) in [5.74, 6) is 0.0106. The van der Waals surface area contributed by atoms with E-state index in [4.69, 9.17) is 4.74 Å². The molecule has 0 aromatic carbocycles. The van der Waals surface area contributed by atoms with Gasteiger partial charge in [-0.3, -0.25) is 9.89 Å². The van der Waals surface area contributed by atoms with Crippen LogP contribution in [0.25, 0.3) is 0 Å². The normalized spacial score (nSPS) is 18.4. The Morgan fingerprint density at radius 3 is 2.68 bits per heavy atom. The highest BCUT2D eigenvalue weighted by atomic mass is 16.6. The van der Waals surface area contributed by atoms with E-state index in [1.165, 1.54) is 0 Å². The fourth-order valence-corrected chi connectivity index (χ4v) is 2.91. The molecular weight excluding hydrogens is 320 g/mol. The quantitative estimate of drug-likeness (QED) is 0.909. The minimum atomic E-state index is -0.515. The summed E-state index contributed by atoms with van der Waals surface area (Å²) >= 11 is 0. The number of carbonyl (C=O) groups excluding carboxylic acids is 2. The van der Waals surface area contributed by atoms with E-state index in [-0.39, 0.29) is 24.0 Å². The molecule has 0 spiro atoms. The molecule has 1 N–H and O–H groups in total. The largest absolute Gasteiger partial charge is 0.444 e. The molecule has 0 radical (unpaired) electrons. The Hall–Kier alpha value is -2.05. The Bertz CT molecular complexity index is 618. The highest BCUT2D eigenvalue weighted by Gasteiger charge is 2.32. The summed E-state index contributed by atoms with van der Waals surface area (Å²) in [6.07, 6.45) is 3.07. The lowest BCUT2D eigenvalue weighted by Crippen LogP contribution is -2.42. The highest BCUT2D eigenvalue weighted by Crippen LogP contribution is 2.29. The predicted octanol–water partition coefficient (Wildman–Crippen LogP) is 3.00. The molecule has 1 fully saturated rings. The van der Waals surface area contributed by atoms with Crippen LogP contribution in [0.15, 0.2) is 6.20 Å². The van der Waals surface area contributed by atoms with Gasteiger partial charge in [0.25, 0.3) is 5.91 Å². The summed E-state index contributed by atoms with van der Waals surface area (Å²) in [4.78, 5) is 28.4. The van der Waals surface area contributed by atoms with Crippen LogP contribution in [0, 0.1) is 0 Å². The minimum absolute atomic E-state index is 0.0480. The van der Waals surface area contributed by atoms with Gasteiger partial charge in [-0.05, 0) is 47.5 Å². The Kier molecular flexibility index (Phi) is 5.75. The third kappa shape index (κ3) is 4.74. The molecule has 1 aromatic rings. The van der Waals surface area contributed by atoms with Crippen LogP contribution >= 0.6 is 0 Å². The van der Waals surface area contributed by atoms with Crippen molar-refractivity contribution in [3.05, 3.63) is 17.5 Å². The van der Waals surface area contributed by atoms with Crippen LogP contribution < -0.4 is 0 Å². The van der Waals surface area contributed by atoms with Gasteiger partial charge in [0.2, 0.25) is 0 Å². The standard InChI is InChI=1S/C18H30N4O3/c1-12(2)21(6)16(23)14-10-19-20-15(14)13-8-7-9-22(11-13)17(24)25-18(3,4)5/h10,12-13H,7-9,11H2,1-6H3,(H,19,20). The zero-order chi connectivity index (χ0) is 18.8. The van der Waals surface area contributed by atoms with Crippen molar-refractivity contribution in [3.63, 3.8) is 0 Å². The number of carbonyl (C=O) groups is 2. The number of ether oxygens (including phenoxy) is 1. The van der Waals surface area contributed by atoms with Gasteiger partial charge in [0.15, 0.2) is 0 Å². The van der Waals surface area contributed by atoms with Gasteiger partial charge >= 0.3 is 6.09 Å². The smallest absolute Gasteiger partial charge is 0.410 e. The van der Waals surface area contributed by atoms with Crippen LogP contribution in [0.3, 0.4) is 0 Å². The number of hydrogen-bond donors (Lipinski definition) is 1. The second kappa shape index (κ2) is 7.45. The molecule has 2 rings (SSSR count). The summed E-state index contributed by atoms with van der Waals surface area (Å²) < 4.78 is 5.48. The highest BCUT2D eigenvalue weighted by molar-refractivity contribution is 5.95. The van der Waals surface area contributed by atoms with E-state index < -0.39 is 5.60 Å². The van der Waals surface area contributed by atoms with Crippen molar-refractivity contribution in [1.29, 1.82) is 0 Å². The topological polar surface area (TPSA) is 78.5 Å². The maximum absolute atomic E-state index is 12.7. The van der Waals surface area contributed by atoms with Crippen LogP contribution in [0.5, 0.6) is 0 Å². The maximum Gasteiger partial charge on any atom is 0.410 e. The minimum Gasteiger partial charge on any atom is -0.444 e. The molecule has 0 aliphatic carbocycles. The first kappa shape index (κ1) is 19.3. The lowest BCUT2D eigenvalue weighted by molar-refractivity contribution is 0.0197. The fourth-order valence-electron chi connectivity index (χ4n) is 2.91. The van der Waals surface area contributed by atoms with E-state index in [1.54, 1.807) is 23.0 Å². The summed E-state index contributed by atoms with van der Waals surface area (Å²) in [6.45, 7) is 10.7. The number of hydrogen-bond acceptors (Lipinski definition) is 4. The number of H-pyrrole nitrogens is 1. The van der Waals surface area contributed by atoms with Crippen LogP contribution in [-0.4, -0.2) is 63.8 Å². The van der Waals surface area contributed by atoms with Crippen molar-refractivity contribution >= 4 is 12.0 Å². The number of nitrogens with zero attached hydrogens (tertiary/aromatic N) is 3. The van der Waals surface area contributed by atoms with Crippen molar-refractivity contribution in [1.82, 2.24) is 20.0 Å². The molecule has 2 amide bonds. The Balaban J connectivity index is 2.13. The molecule has 2 heterocycles. The van der Waals surface area contributed by atoms with E-state index in [0.717, 1.165) is 18.5 Å². The maximum atomic E-state index is 12.7. The van der Waals surface area contributed by atoms with Gasteiger partial charge in [0.1, 0.15) is 5.60 Å². The second-order valence-corrected chi connectivity index (χ2v) is 7.97. The molecular formula is C18H30N4O3. The zero-order valence-electron chi connectivity index (χ0n) is 16.1. The van der Waals surface area contributed by atoms with Gasteiger partial charge in [-0.15, -0.1) is 0 Å². The lowest BCUT2D eigenvalue weighted by atomic mass is 9.92. The van der Waals surface area contributed by atoms with Crippen LogP contribution in [0.2, 0.25) is 0 Å². The fraction of sp³-hybridized carbons (Fsp3) is 0.722. The van der Waals surface area contributed by atoms with Crippen molar-refractivity contribution < 1.29 is 14.3 Å². The Morgan fingerprint density at radius 1 is 1.40 bits per heavy atom. The van der Waals surface area contributed by atoms with E-state index >= 15 is 0 Å². The number of piperidine rings is 1. The number of rotatable bonds is 3. The van der Waals surface area contributed by atoms with E-state index in [0.29, 0.717) is 18.7 Å². The molecule has 7 heteroatoms. The van der Waals surface area contributed by atoms with E-state index in [2.05, 4.69) is 10.2 Å². The molecule has 0 bridgehead atoms. The van der Waals surface area contributed by atoms with Gasteiger partial charge in [-0.1, -0.05) is 0 Å². The van der Waals surface area contributed by atoms with Crippen molar-refractivity contribution in [2.24, 2.45) is 0 Å². The molecule has 1 atom stereocenters. The first-order valence-electron chi connectivity index (χ1n) is 8.88. The third-order valence-electron chi connectivity index (χ3n) is 4.48. The van der Waals surface area contributed by atoms with E-state index in [1.807, 2.05) is 34.6 Å². The van der Waals surface area contributed by atoms with Gasteiger partial charge in [-0.2, -0.15) is 5.10 Å². The van der Waals surface area contributed by atoms with Gasteiger partial charge in [-0.25, -0.2) is 4.79 Å². The zero-order valence-corrected chi connectivity index (χ0v) is 16.1. The first-order valence-corrected chi connectivity index (χ1v) is 8.88. The Labute approximate surface area is 149 Å². The van der Waals surface area contributed by atoms with Crippen molar-refractivity contribution in [2.45, 2.75) is 65.0 Å². The summed E-state index contributed by atoms with van der Waals surface area (Å²) in [5.41, 5.74) is 0.886. The molecule has 0 saturated carbocycles. The third-order valence-corrected chi connectivity index (χ3v) is 4.48. The number of nitrogens with one attached hydrogen (secondary N) is 1. The van der Waals surface area contributed by atoms with Gasteiger partial charge in [0, 0.05) is 32.1 Å². The summed E-state index contributed by atoms with van der Waals surface area (Å²) in [7, 11) is 1.79. The van der Waals surface area contributed by atoms with Crippen molar-refractivity contribution in [2.75, 3.05) is 20.1 Å². The number of amides is 2. The Morgan fingerprint density at radius 2 is 2.08 bits per heavy atom. The SMILES string of the molecule is CC(C)N(C)C(=O)c1cn[nH]c1C1CCCN(C(=O)OC(C)(C)C)C1. The van der Waals surface area contributed by atoms with Gasteiger partial charge in [0.05, 0.1) is 17.5 Å². The summed E-state index contributed by atoms with van der Waals surface area (Å²) in [6, 6.07) is 0.111. The summed E-state index contributed by atoms with van der Waals surface area (Å²) in [5, 5.41) is 7.06. The molecule has 1 aliphatic heterocycles. The van der Waals surface area contributed by atoms with Crippen molar-refractivity contribution in [3.8, 4) is 0 Å². The molecule has 25 heavy (non-hydrogen) atoms. The van der Waals surface area contributed by atoms with E-state index in [9.17, 15) is 9.59 Å². The number of likely N-dealkylation sites (tertiary alicyclic amines) is 1. The molecule has 1 aromatic heterocycles. The predicted molar refractivity (Wildman–Crippen MR) is 95.6 cm³/mol. The monoisotopic (exact) mass is 350 g/mol. The lowest BCUT2D eigenvalue weighted by Gasteiger charge is -2.34. The molecule has 1 saturated heterocycles. The first-order chi connectivity index (χ1) is 11.6. The molecule has 140 valence electrons.